The first-order valence-electron chi connectivity index (χ1n) is 9.95. The molecule has 0 saturated carbocycles. The summed E-state index contributed by atoms with van der Waals surface area (Å²) in [7, 11) is 0. The summed E-state index contributed by atoms with van der Waals surface area (Å²) in [5.41, 5.74) is 4.71. The van der Waals surface area contributed by atoms with E-state index in [4.69, 9.17) is 9.47 Å². The summed E-state index contributed by atoms with van der Waals surface area (Å²) in [6.45, 7) is 10.9. The molecule has 2 aromatic rings. The van der Waals surface area contributed by atoms with E-state index in [0.717, 1.165) is 61.8 Å². The van der Waals surface area contributed by atoms with Gasteiger partial charge in [-0.25, -0.2) is 0 Å². The van der Waals surface area contributed by atoms with Crippen molar-refractivity contribution in [2.24, 2.45) is 0 Å². The molecule has 1 aliphatic heterocycles. The first-order chi connectivity index (χ1) is 12.8. The van der Waals surface area contributed by atoms with Crippen molar-refractivity contribution in [1.82, 2.24) is 15.1 Å². The first kappa shape index (κ1) is 18.8. The Morgan fingerprint density at radius 2 is 2.00 bits per heavy atom. The molecule has 0 atom stereocenters. The lowest BCUT2D eigenvalue weighted by atomic mass is 10.0. The average Bonchev–Trinajstić information content (AvgIpc) is 3.09. The van der Waals surface area contributed by atoms with Crippen LogP contribution in [0.25, 0.3) is 11.3 Å². The van der Waals surface area contributed by atoms with Crippen LogP contribution in [0.5, 0.6) is 11.5 Å². The van der Waals surface area contributed by atoms with Crippen LogP contribution in [0.3, 0.4) is 0 Å². The highest BCUT2D eigenvalue weighted by Crippen LogP contribution is 2.35. The van der Waals surface area contributed by atoms with Crippen molar-refractivity contribution in [2.75, 3.05) is 26.3 Å². The molecule has 142 valence electrons. The molecule has 1 aliphatic rings. The zero-order valence-corrected chi connectivity index (χ0v) is 16.3. The van der Waals surface area contributed by atoms with E-state index in [1.807, 2.05) is 13.0 Å². The number of fused-ring (bicyclic) bond motifs is 1. The minimum absolute atomic E-state index is 0.622. The molecule has 3 rings (SSSR count). The molecule has 1 N–H and O–H groups in total. The van der Waals surface area contributed by atoms with Crippen LogP contribution in [0.4, 0.5) is 0 Å². The van der Waals surface area contributed by atoms with Gasteiger partial charge in [-0.3, -0.25) is 10.00 Å². The molecule has 0 bridgehead atoms. The Labute approximate surface area is 156 Å². The molecule has 0 amide bonds. The van der Waals surface area contributed by atoms with Gasteiger partial charge in [0, 0.05) is 36.3 Å². The van der Waals surface area contributed by atoms with Crippen LogP contribution in [-0.2, 0) is 13.0 Å². The highest BCUT2D eigenvalue weighted by Gasteiger charge is 2.22. The van der Waals surface area contributed by atoms with E-state index in [9.17, 15) is 0 Å². The predicted molar refractivity (Wildman–Crippen MR) is 105 cm³/mol. The number of benzene rings is 1. The SMILES string of the molecule is CCCCCOc1ccc(-c2n[nH]c3c2CN(CC)CC3)cc1OCC. The molecule has 1 aromatic carbocycles. The molecule has 0 saturated heterocycles. The molecule has 26 heavy (non-hydrogen) atoms. The number of likely N-dealkylation sites (N-methyl/N-ethyl adjacent to an activating group) is 1. The van der Waals surface area contributed by atoms with Crippen LogP contribution in [-0.4, -0.2) is 41.4 Å². The highest BCUT2D eigenvalue weighted by molar-refractivity contribution is 5.68. The van der Waals surface area contributed by atoms with Gasteiger partial charge >= 0.3 is 0 Å². The van der Waals surface area contributed by atoms with Crippen molar-refractivity contribution in [3.8, 4) is 22.8 Å². The lowest BCUT2D eigenvalue weighted by Crippen LogP contribution is -2.30. The van der Waals surface area contributed by atoms with Gasteiger partial charge in [0.2, 0.25) is 0 Å². The lowest BCUT2D eigenvalue weighted by Gasteiger charge is -2.25. The fraction of sp³-hybridized carbons (Fsp3) is 0.571. The molecule has 1 aromatic heterocycles. The van der Waals surface area contributed by atoms with Gasteiger partial charge in [-0.1, -0.05) is 26.7 Å². The third-order valence-corrected chi connectivity index (χ3v) is 4.98. The van der Waals surface area contributed by atoms with Crippen LogP contribution < -0.4 is 9.47 Å². The van der Waals surface area contributed by atoms with Gasteiger partial charge in [0.05, 0.1) is 18.9 Å². The normalized spacial score (nSPS) is 14.3. The Kier molecular flexibility index (Phi) is 6.56. The van der Waals surface area contributed by atoms with Gasteiger partial charge in [-0.15, -0.1) is 0 Å². The Balaban J connectivity index is 1.83. The summed E-state index contributed by atoms with van der Waals surface area (Å²) in [6.07, 6.45) is 4.49. The number of aromatic amines is 1. The number of nitrogens with one attached hydrogen (secondary N) is 1. The van der Waals surface area contributed by atoms with E-state index >= 15 is 0 Å². The monoisotopic (exact) mass is 357 g/mol. The minimum atomic E-state index is 0.622. The molecule has 2 heterocycles. The number of rotatable bonds is 9. The molecule has 5 nitrogen and oxygen atoms in total. The Morgan fingerprint density at radius 1 is 1.12 bits per heavy atom. The van der Waals surface area contributed by atoms with Gasteiger partial charge < -0.3 is 9.47 Å². The average molecular weight is 357 g/mol. The zero-order chi connectivity index (χ0) is 18.4. The second-order valence-corrected chi connectivity index (χ2v) is 6.80. The topological polar surface area (TPSA) is 50.4 Å². The van der Waals surface area contributed by atoms with Crippen molar-refractivity contribution >= 4 is 0 Å². The van der Waals surface area contributed by atoms with E-state index in [2.05, 4.69) is 41.1 Å². The van der Waals surface area contributed by atoms with Gasteiger partial charge in [-0.05, 0) is 38.1 Å². The van der Waals surface area contributed by atoms with Crippen molar-refractivity contribution in [3.05, 3.63) is 29.5 Å². The van der Waals surface area contributed by atoms with Gasteiger partial charge in [-0.2, -0.15) is 5.10 Å². The smallest absolute Gasteiger partial charge is 0.161 e. The predicted octanol–water partition coefficient (Wildman–Crippen LogP) is 4.42. The molecule has 0 fully saturated rings. The fourth-order valence-electron chi connectivity index (χ4n) is 3.44. The number of aromatic nitrogens is 2. The zero-order valence-electron chi connectivity index (χ0n) is 16.3. The van der Waals surface area contributed by atoms with E-state index in [-0.39, 0.29) is 0 Å². The second kappa shape index (κ2) is 9.08. The van der Waals surface area contributed by atoms with Crippen LogP contribution >= 0.6 is 0 Å². The van der Waals surface area contributed by atoms with E-state index in [1.165, 1.54) is 24.1 Å². The third kappa shape index (κ3) is 4.21. The van der Waals surface area contributed by atoms with E-state index < -0.39 is 0 Å². The second-order valence-electron chi connectivity index (χ2n) is 6.80. The fourth-order valence-corrected chi connectivity index (χ4v) is 3.44. The lowest BCUT2D eigenvalue weighted by molar-refractivity contribution is 0.267. The number of hydrogen-bond acceptors (Lipinski definition) is 4. The van der Waals surface area contributed by atoms with Crippen LogP contribution in [0.2, 0.25) is 0 Å². The highest BCUT2D eigenvalue weighted by atomic mass is 16.5. The summed E-state index contributed by atoms with van der Waals surface area (Å²) >= 11 is 0. The third-order valence-electron chi connectivity index (χ3n) is 4.98. The number of nitrogens with zero attached hydrogens (tertiary/aromatic N) is 2. The number of unbranched alkanes of at least 4 members (excludes halogenated alkanes) is 2. The maximum Gasteiger partial charge on any atom is 0.161 e. The summed E-state index contributed by atoms with van der Waals surface area (Å²) in [4.78, 5) is 2.45. The van der Waals surface area contributed by atoms with Crippen LogP contribution in [0.15, 0.2) is 18.2 Å². The Hall–Kier alpha value is -2.01. The van der Waals surface area contributed by atoms with Crippen LogP contribution in [0.1, 0.15) is 51.3 Å². The van der Waals surface area contributed by atoms with Crippen molar-refractivity contribution < 1.29 is 9.47 Å². The number of ether oxygens (including phenoxy) is 2. The van der Waals surface area contributed by atoms with E-state index in [0.29, 0.717) is 6.61 Å². The van der Waals surface area contributed by atoms with Crippen LogP contribution in [0, 0.1) is 0 Å². The van der Waals surface area contributed by atoms with Crippen molar-refractivity contribution in [1.29, 1.82) is 0 Å². The summed E-state index contributed by atoms with van der Waals surface area (Å²) in [5, 5.41) is 7.84. The first-order valence-corrected chi connectivity index (χ1v) is 9.95. The number of hydrogen-bond donors (Lipinski definition) is 1. The molecular weight excluding hydrogens is 326 g/mol. The maximum atomic E-state index is 5.95. The molecule has 0 radical (unpaired) electrons. The van der Waals surface area contributed by atoms with E-state index in [1.54, 1.807) is 0 Å². The summed E-state index contributed by atoms with van der Waals surface area (Å²) in [6, 6.07) is 6.19. The Morgan fingerprint density at radius 3 is 2.77 bits per heavy atom. The summed E-state index contributed by atoms with van der Waals surface area (Å²) in [5.74, 6) is 1.63. The minimum Gasteiger partial charge on any atom is -0.490 e. The molecule has 0 unspecified atom stereocenters. The summed E-state index contributed by atoms with van der Waals surface area (Å²) < 4.78 is 11.8. The molecular formula is C21H31N3O2. The largest absolute Gasteiger partial charge is 0.490 e. The standard InChI is InChI=1S/C21H31N3O2/c1-4-7-8-13-26-19-10-9-16(14-20(19)25-6-3)21-17-15-24(5-2)12-11-18(17)22-23-21/h9-10,14H,4-8,11-13,15H2,1-3H3,(H,22,23). The quantitative estimate of drug-likeness (QED) is 0.675. The van der Waals surface area contributed by atoms with Crippen molar-refractivity contribution in [2.45, 2.75) is 53.0 Å². The number of H-pyrrole nitrogens is 1. The Bertz CT molecular complexity index is 711. The van der Waals surface area contributed by atoms with Crippen molar-refractivity contribution in [3.63, 3.8) is 0 Å². The van der Waals surface area contributed by atoms with Gasteiger partial charge in [0.1, 0.15) is 0 Å². The molecule has 5 heteroatoms. The molecule has 0 aliphatic carbocycles. The molecule has 0 spiro atoms. The maximum absolute atomic E-state index is 5.95. The van der Waals surface area contributed by atoms with Gasteiger partial charge in [0.25, 0.3) is 0 Å². The van der Waals surface area contributed by atoms with Gasteiger partial charge in [0.15, 0.2) is 11.5 Å².